The quantitative estimate of drug-likeness (QED) is 0.815. The van der Waals surface area contributed by atoms with Crippen molar-refractivity contribution in [1.82, 2.24) is 9.55 Å². The van der Waals surface area contributed by atoms with Gasteiger partial charge in [-0.3, -0.25) is 4.57 Å². The molecule has 1 saturated heterocycles. The summed E-state index contributed by atoms with van der Waals surface area (Å²) in [5, 5.41) is 0. The van der Waals surface area contributed by atoms with E-state index in [1.807, 2.05) is 18.0 Å². The zero-order chi connectivity index (χ0) is 12.4. The number of nitrogens with zero attached hydrogens (tertiary/aromatic N) is 3. The van der Waals surface area contributed by atoms with Crippen LogP contribution in [0.2, 0.25) is 0 Å². The number of hydrogen-bond donors (Lipinski definition) is 0. The average Bonchev–Trinajstić information content (AvgIpc) is 2.81. The lowest BCUT2D eigenvalue weighted by Crippen LogP contribution is -2.32. The molecule has 5 nitrogen and oxygen atoms in total. The van der Waals surface area contributed by atoms with Crippen LogP contribution in [0, 0.1) is 0 Å². The number of rotatable bonds is 3. The molecule has 0 radical (unpaired) electrons. The van der Waals surface area contributed by atoms with E-state index in [-0.39, 0.29) is 11.9 Å². The summed E-state index contributed by atoms with van der Waals surface area (Å²) in [6, 6.07) is 2.17. The first kappa shape index (κ1) is 12.4. The summed E-state index contributed by atoms with van der Waals surface area (Å²) in [7, 11) is 1.93. The first-order valence-corrected chi connectivity index (χ1v) is 6.76. The lowest BCUT2D eigenvalue weighted by Gasteiger charge is -2.22. The van der Waals surface area contributed by atoms with E-state index in [9.17, 15) is 4.79 Å². The van der Waals surface area contributed by atoms with Crippen molar-refractivity contribution in [2.75, 3.05) is 23.6 Å². The highest BCUT2D eigenvalue weighted by molar-refractivity contribution is 7.99. The van der Waals surface area contributed by atoms with Gasteiger partial charge in [-0.05, 0) is 19.9 Å². The van der Waals surface area contributed by atoms with E-state index in [1.54, 1.807) is 22.5 Å². The second-order valence-corrected chi connectivity index (χ2v) is 5.27. The highest BCUT2D eigenvalue weighted by atomic mass is 32.2. The molecule has 0 unspecified atom stereocenters. The predicted octanol–water partition coefficient (Wildman–Crippen LogP) is 1.31. The minimum Gasteiger partial charge on any atom is -0.357 e. The Balaban J connectivity index is 2.25. The third kappa shape index (κ3) is 2.63. The first-order valence-electron chi connectivity index (χ1n) is 5.61. The summed E-state index contributed by atoms with van der Waals surface area (Å²) in [6.45, 7) is 4.12. The fourth-order valence-corrected chi connectivity index (χ4v) is 2.38. The molecule has 1 aliphatic heterocycles. The largest absolute Gasteiger partial charge is 0.357 e. The van der Waals surface area contributed by atoms with Crippen LogP contribution < -0.4 is 10.6 Å². The second-order valence-electron chi connectivity index (χ2n) is 4.29. The van der Waals surface area contributed by atoms with Crippen molar-refractivity contribution in [3.8, 4) is 0 Å². The second kappa shape index (κ2) is 5.10. The summed E-state index contributed by atoms with van der Waals surface area (Å²) in [5.41, 5.74) is -0.248. The summed E-state index contributed by atoms with van der Waals surface area (Å²) >= 11 is 1.68. The molecule has 0 N–H and O–H groups in total. The van der Waals surface area contributed by atoms with E-state index in [1.165, 1.54) is 0 Å². The van der Waals surface area contributed by atoms with Crippen LogP contribution in [0.4, 0.5) is 5.82 Å². The molecule has 1 aromatic rings. The maximum Gasteiger partial charge on any atom is 0.351 e. The Hall–Kier alpha value is -1.01. The molecular weight excluding hydrogens is 238 g/mol. The Kier molecular flexibility index (Phi) is 3.73. The Morgan fingerprint density at radius 3 is 2.94 bits per heavy atom. The maximum atomic E-state index is 11.9. The third-order valence-corrected chi connectivity index (χ3v) is 3.69. The summed E-state index contributed by atoms with van der Waals surface area (Å²) in [4.78, 5) is 17.9. The van der Waals surface area contributed by atoms with Crippen LogP contribution in [0.5, 0.6) is 0 Å². The van der Waals surface area contributed by atoms with Crippen molar-refractivity contribution < 1.29 is 4.74 Å². The van der Waals surface area contributed by atoms with Crippen LogP contribution in [0.15, 0.2) is 17.1 Å². The van der Waals surface area contributed by atoms with Gasteiger partial charge in [0.2, 0.25) is 0 Å². The SMILES string of the molecule is CC(C)N(C)c1ccn([C@@H]2CSCO2)c(=O)n1. The van der Waals surface area contributed by atoms with Gasteiger partial charge in [0, 0.05) is 25.0 Å². The van der Waals surface area contributed by atoms with Gasteiger partial charge in [-0.1, -0.05) is 0 Å². The van der Waals surface area contributed by atoms with Crippen LogP contribution in [0.3, 0.4) is 0 Å². The van der Waals surface area contributed by atoms with Gasteiger partial charge in [0.1, 0.15) is 12.0 Å². The van der Waals surface area contributed by atoms with Gasteiger partial charge in [0.25, 0.3) is 0 Å². The Morgan fingerprint density at radius 1 is 1.65 bits per heavy atom. The van der Waals surface area contributed by atoms with Gasteiger partial charge < -0.3 is 9.64 Å². The maximum absolute atomic E-state index is 11.9. The normalized spacial score (nSPS) is 19.9. The molecule has 0 bridgehead atoms. The molecule has 0 saturated carbocycles. The van der Waals surface area contributed by atoms with Crippen molar-refractivity contribution in [2.45, 2.75) is 26.1 Å². The monoisotopic (exact) mass is 255 g/mol. The lowest BCUT2D eigenvalue weighted by molar-refractivity contribution is 0.0639. The van der Waals surface area contributed by atoms with E-state index in [4.69, 9.17) is 4.74 Å². The molecule has 2 heterocycles. The standard InChI is InChI=1S/C11H17N3O2S/c1-8(2)13(3)9-4-5-14(11(15)12-9)10-6-17-7-16-10/h4-5,8,10H,6-7H2,1-3H3/t10-/m0/s1. The third-order valence-electron chi connectivity index (χ3n) is 2.87. The lowest BCUT2D eigenvalue weighted by atomic mass is 10.3. The van der Waals surface area contributed by atoms with Crippen LogP contribution in [-0.2, 0) is 4.74 Å². The summed E-state index contributed by atoms with van der Waals surface area (Å²) in [6.07, 6.45) is 1.60. The smallest absolute Gasteiger partial charge is 0.351 e. The van der Waals surface area contributed by atoms with E-state index < -0.39 is 0 Å². The molecule has 0 amide bonds. The van der Waals surface area contributed by atoms with Gasteiger partial charge in [-0.15, -0.1) is 11.8 Å². The van der Waals surface area contributed by atoms with Gasteiger partial charge in [-0.2, -0.15) is 4.98 Å². The zero-order valence-corrected chi connectivity index (χ0v) is 11.1. The van der Waals surface area contributed by atoms with Gasteiger partial charge in [0.15, 0.2) is 0 Å². The zero-order valence-electron chi connectivity index (χ0n) is 10.3. The predicted molar refractivity (Wildman–Crippen MR) is 69.5 cm³/mol. The molecule has 6 heteroatoms. The van der Waals surface area contributed by atoms with E-state index in [0.29, 0.717) is 17.8 Å². The summed E-state index contributed by atoms with van der Waals surface area (Å²) in [5.74, 6) is 2.15. The van der Waals surface area contributed by atoms with E-state index in [0.717, 1.165) is 5.75 Å². The fraction of sp³-hybridized carbons (Fsp3) is 0.636. The molecule has 2 rings (SSSR count). The van der Waals surface area contributed by atoms with Crippen LogP contribution in [0.1, 0.15) is 20.1 Å². The van der Waals surface area contributed by atoms with Gasteiger partial charge in [0.05, 0.1) is 5.94 Å². The van der Waals surface area contributed by atoms with Gasteiger partial charge in [-0.25, -0.2) is 4.79 Å². The average molecular weight is 255 g/mol. The molecule has 1 aliphatic rings. The van der Waals surface area contributed by atoms with Crippen molar-refractivity contribution in [2.24, 2.45) is 0 Å². The number of ether oxygens (including phenoxy) is 1. The molecule has 0 spiro atoms. The Bertz CT molecular complexity index is 441. The highest BCUT2D eigenvalue weighted by Gasteiger charge is 2.19. The van der Waals surface area contributed by atoms with Crippen molar-refractivity contribution in [3.05, 3.63) is 22.7 Å². The fourth-order valence-electron chi connectivity index (χ4n) is 1.57. The van der Waals surface area contributed by atoms with Gasteiger partial charge >= 0.3 is 5.69 Å². The minimum absolute atomic E-state index is 0.168. The van der Waals surface area contributed by atoms with E-state index >= 15 is 0 Å². The van der Waals surface area contributed by atoms with Crippen LogP contribution >= 0.6 is 11.8 Å². The molecule has 0 aliphatic carbocycles. The Labute approximate surface area is 105 Å². The number of anilines is 1. The first-order chi connectivity index (χ1) is 8.09. The summed E-state index contributed by atoms with van der Waals surface area (Å²) < 4.78 is 6.99. The highest BCUT2D eigenvalue weighted by Crippen LogP contribution is 2.23. The minimum atomic E-state index is -0.248. The number of hydrogen-bond acceptors (Lipinski definition) is 5. The van der Waals surface area contributed by atoms with Crippen molar-refractivity contribution in [1.29, 1.82) is 0 Å². The topological polar surface area (TPSA) is 47.4 Å². The molecule has 1 aromatic heterocycles. The molecular formula is C11H17N3O2S. The van der Waals surface area contributed by atoms with Crippen LogP contribution in [0.25, 0.3) is 0 Å². The molecule has 94 valence electrons. The van der Waals surface area contributed by atoms with Crippen molar-refractivity contribution >= 4 is 17.6 Å². The number of aromatic nitrogens is 2. The molecule has 0 aromatic carbocycles. The van der Waals surface area contributed by atoms with Crippen molar-refractivity contribution in [3.63, 3.8) is 0 Å². The molecule has 17 heavy (non-hydrogen) atoms. The Morgan fingerprint density at radius 2 is 2.41 bits per heavy atom. The van der Waals surface area contributed by atoms with E-state index in [2.05, 4.69) is 18.8 Å². The van der Waals surface area contributed by atoms with Crippen LogP contribution in [-0.4, -0.2) is 34.3 Å². The molecule has 1 atom stereocenters. The molecule has 1 fully saturated rings. The number of thioether (sulfide) groups is 1.